The summed E-state index contributed by atoms with van der Waals surface area (Å²) in [5.74, 6) is 1.33. The zero-order chi connectivity index (χ0) is 18.9. The Balaban J connectivity index is 1.82. The second-order valence-electron chi connectivity index (χ2n) is 6.94. The summed E-state index contributed by atoms with van der Waals surface area (Å²) in [5.41, 5.74) is 2.57. The van der Waals surface area contributed by atoms with Crippen LogP contribution in [0, 0.1) is 13.8 Å². The van der Waals surface area contributed by atoms with Crippen molar-refractivity contribution in [3.8, 4) is 11.5 Å². The first kappa shape index (κ1) is 18.7. The highest BCUT2D eigenvalue weighted by atomic mass is 32.2. The molecule has 1 aliphatic rings. The molecule has 1 saturated carbocycles. The predicted octanol–water partition coefficient (Wildman–Crippen LogP) is 3.33. The summed E-state index contributed by atoms with van der Waals surface area (Å²) >= 11 is 0. The molecule has 1 N–H and O–H groups in total. The molecular formula is C20H25NO4S. The molecule has 0 aromatic heterocycles. The van der Waals surface area contributed by atoms with Crippen molar-refractivity contribution in [2.24, 2.45) is 0 Å². The molecule has 2 aromatic carbocycles. The van der Waals surface area contributed by atoms with Crippen molar-refractivity contribution < 1.29 is 17.9 Å². The van der Waals surface area contributed by atoms with E-state index in [-0.39, 0.29) is 5.41 Å². The van der Waals surface area contributed by atoms with Gasteiger partial charge in [-0.2, -0.15) is 0 Å². The molecule has 3 rings (SSSR count). The molecule has 0 saturated heterocycles. The molecular weight excluding hydrogens is 350 g/mol. The Bertz CT molecular complexity index is 917. The molecule has 0 atom stereocenters. The van der Waals surface area contributed by atoms with Crippen LogP contribution in [0.25, 0.3) is 0 Å². The summed E-state index contributed by atoms with van der Waals surface area (Å²) in [5, 5.41) is 0. The Labute approximate surface area is 155 Å². The topological polar surface area (TPSA) is 64.6 Å². The minimum absolute atomic E-state index is 0.176. The molecule has 6 heteroatoms. The van der Waals surface area contributed by atoms with Gasteiger partial charge in [-0.25, -0.2) is 13.1 Å². The zero-order valence-corrected chi connectivity index (χ0v) is 16.4. The summed E-state index contributed by atoms with van der Waals surface area (Å²) in [6.07, 6.45) is 1.88. The first-order valence-corrected chi connectivity index (χ1v) is 10.1. The Morgan fingerprint density at radius 1 is 1.00 bits per heavy atom. The van der Waals surface area contributed by atoms with Crippen LogP contribution in [-0.2, 0) is 15.4 Å². The van der Waals surface area contributed by atoms with Crippen molar-refractivity contribution in [3.05, 3.63) is 53.1 Å². The minimum Gasteiger partial charge on any atom is -0.493 e. The van der Waals surface area contributed by atoms with Gasteiger partial charge in [0.05, 0.1) is 19.1 Å². The maximum absolute atomic E-state index is 12.8. The minimum atomic E-state index is -3.55. The summed E-state index contributed by atoms with van der Waals surface area (Å²) in [4.78, 5) is 0.348. The van der Waals surface area contributed by atoms with Crippen LogP contribution >= 0.6 is 0 Å². The smallest absolute Gasteiger partial charge is 0.240 e. The number of rotatable bonds is 7. The molecule has 0 amide bonds. The molecule has 0 aliphatic heterocycles. The van der Waals surface area contributed by atoms with Crippen molar-refractivity contribution in [3.63, 3.8) is 0 Å². The van der Waals surface area contributed by atoms with Gasteiger partial charge in [-0.05, 0) is 61.6 Å². The summed E-state index contributed by atoms with van der Waals surface area (Å²) in [7, 11) is -0.348. The lowest BCUT2D eigenvalue weighted by Gasteiger charge is -2.19. The van der Waals surface area contributed by atoms with E-state index in [1.54, 1.807) is 20.3 Å². The number of aryl methyl sites for hydroxylation is 2. The van der Waals surface area contributed by atoms with Gasteiger partial charge in [-0.15, -0.1) is 0 Å². The number of ether oxygens (including phenoxy) is 2. The first-order valence-electron chi connectivity index (χ1n) is 8.61. The summed E-state index contributed by atoms with van der Waals surface area (Å²) in [6, 6.07) is 11.3. The lowest BCUT2D eigenvalue weighted by atomic mass is 9.96. The third-order valence-electron chi connectivity index (χ3n) is 5.08. The maximum atomic E-state index is 12.8. The Hall–Kier alpha value is -2.05. The molecule has 2 aromatic rings. The predicted molar refractivity (Wildman–Crippen MR) is 102 cm³/mol. The number of nitrogens with one attached hydrogen (secondary N) is 1. The normalized spacial score (nSPS) is 15.5. The monoisotopic (exact) mass is 375 g/mol. The molecule has 1 fully saturated rings. The van der Waals surface area contributed by atoms with Crippen LogP contribution in [0.2, 0.25) is 0 Å². The van der Waals surface area contributed by atoms with E-state index < -0.39 is 10.0 Å². The molecule has 0 radical (unpaired) electrons. The van der Waals surface area contributed by atoms with Crippen LogP contribution in [0.5, 0.6) is 11.5 Å². The van der Waals surface area contributed by atoms with Crippen molar-refractivity contribution in [2.45, 2.75) is 37.0 Å². The standard InChI is InChI=1S/C20H25NO4S/c1-14-5-6-15(2)19(11-14)26(22,23)21-13-20(9-10-20)16-7-8-17(24-3)18(12-16)25-4/h5-8,11-12,21H,9-10,13H2,1-4H3. The van der Waals surface area contributed by atoms with Gasteiger partial charge in [-0.1, -0.05) is 18.2 Å². The average molecular weight is 375 g/mol. The van der Waals surface area contributed by atoms with E-state index in [0.717, 1.165) is 29.5 Å². The summed E-state index contributed by atoms with van der Waals surface area (Å²) in [6.45, 7) is 4.08. The highest BCUT2D eigenvalue weighted by molar-refractivity contribution is 7.89. The first-order chi connectivity index (χ1) is 12.3. The average Bonchev–Trinajstić information content (AvgIpc) is 3.42. The zero-order valence-electron chi connectivity index (χ0n) is 15.6. The third-order valence-corrected chi connectivity index (χ3v) is 6.63. The summed E-state index contributed by atoms with van der Waals surface area (Å²) < 4.78 is 39.0. The van der Waals surface area contributed by atoms with Crippen molar-refractivity contribution in [2.75, 3.05) is 20.8 Å². The SMILES string of the molecule is COc1ccc(C2(CNS(=O)(=O)c3cc(C)ccc3C)CC2)cc1OC. The fourth-order valence-electron chi connectivity index (χ4n) is 3.19. The van der Waals surface area contributed by atoms with Crippen LogP contribution < -0.4 is 14.2 Å². The van der Waals surface area contributed by atoms with Crippen molar-refractivity contribution >= 4 is 10.0 Å². The van der Waals surface area contributed by atoms with Gasteiger partial charge in [0.2, 0.25) is 10.0 Å². The molecule has 0 bridgehead atoms. The number of sulfonamides is 1. The van der Waals surface area contributed by atoms with Crippen LogP contribution in [0.3, 0.4) is 0 Å². The molecule has 0 unspecified atom stereocenters. The Morgan fingerprint density at radius 3 is 2.31 bits per heavy atom. The largest absolute Gasteiger partial charge is 0.493 e. The highest BCUT2D eigenvalue weighted by Crippen LogP contribution is 2.49. The van der Waals surface area contributed by atoms with E-state index in [2.05, 4.69) is 4.72 Å². The molecule has 5 nitrogen and oxygen atoms in total. The second-order valence-corrected chi connectivity index (χ2v) is 8.68. The molecule has 0 spiro atoms. The van der Waals surface area contributed by atoms with Gasteiger partial charge >= 0.3 is 0 Å². The van der Waals surface area contributed by atoms with Crippen LogP contribution in [0.4, 0.5) is 0 Å². The van der Waals surface area contributed by atoms with Crippen molar-refractivity contribution in [1.29, 1.82) is 0 Å². The lowest BCUT2D eigenvalue weighted by molar-refractivity contribution is 0.354. The fourth-order valence-corrected chi connectivity index (χ4v) is 4.65. The Kier molecular flexibility index (Phi) is 4.99. The van der Waals surface area contributed by atoms with E-state index in [1.165, 1.54) is 0 Å². The van der Waals surface area contributed by atoms with E-state index in [4.69, 9.17) is 9.47 Å². The van der Waals surface area contributed by atoms with Gasteiger partial charge in [-0.3, -0.25) is 0 Å². The van der Waals surface area contributed by atoms with Gasteiger partial charge in [0.15, 0.2) is 11.5 Å². The van der Waals surface area contributed by atoms with Crippen LogP contribution in [0.1, 0.15) is 29.5 Å². The molecule has 140 valence electrons. The number of methoxy groups -OCH3 is 2. The highest BCUT2D eigenvalue weighted by Gasteiger charge is 2.45. The van der Waals surface area contributed by atoms with Gasteiger partial charge in [0.25, 0.3) is 0 Å². The quantitative estimate of drug-likeness (QED) is 0.806. The molecule has 26 heavy (non-hydrogen) atoms. The number of benzene rings is 2. The number of hydrogen-bond acceptors (Lipinski definition) is 4. The maximum Gasteiger partial charge on any atom is 0.240 e. The van der Waals surface area contributed by atoms with E-state index in [1.807, 2.05) is 44.2 Å². The number of hydrogen-bond donors (Lipinski definition) is 1. The lowest BCUT2D eigenvalue weighted by Crippen LogP contribution is -2.32. The van der Waals surface area contributed by atoms with E-state index in [9.17, 15) is 8.42 Å². The second kappa shape index (κ2) is 6.93. The molecule has 0 heterocycles. The van der Waals surface area contributed by atoms with Crippen LogP contribution in [-0.4, -0.2) is 29.2 Å². The van der Waals surface area contributed by atoms with Gasteiger partial charge < -0.3 is 9.47 Å². The van der Waals surface area contributed by atoms with Gasteiger partial charge in [0.1, 0.15) is 0 Å². The van der Waals surface area contributed by atoms with Crippen molar-refractivity contribution in [1.82, 2.24) is 4.72 Å². The van der Waals surface area contributed by atoms with Crippen LogP contribution in [0.15, 0.2) is 41.3 Å². The Morgan fingerprint density at radius 2 is 1.69 bits per heavy atom. The van der Waals surface area contributed by atoms with E-state index >= 15 is 0 Å². The molecule has 1 aliphatic carbocycles. The van der Waals surface area contributed by atoms with E-state index in [0.29, 0.717) is 22.9 Å². The van der Waals surface area contributed by atoms with Gasteiger partial charge in [0, 0.05) is 12.0 Å². The third kappa shape index (κ3) is 3.57. The fraction of sp³-hybridized carbons (Fsp3) is 0.400.